The number of epoxide rings is 2. The topological polar surface area (TPSA) is 77.7 Å². The maximum atomic E-state index is 12.9. The van der Waals surface area contributed by atoms with Crippen LogP contribution in [0.25, 0.3) is 0 Å². The minimum Gasteiger partial charge on any atom is -0.486 e. The average molecular weight is 416 g/mol. The van der Waals surface area contributed by atoms with E-state index in [0.717, 1.165) is 0 Å². The molecule has 0 aliphatic carbocycles. The molecule has 0 unspecified atom stereocenters. The van der Waals surface area contributed by atoms with Crippen molar-refractivity contribution >= 4 is 11.6 Å². The molecule has 2 fully saturated rings. The number of ether oxygens (including phenoxy) is 4. The Bertz CT molecular complexity index is 933. The van der Waals surface area contributed by atoms with Gasteiger partial charge in [0.05, 0.1) is 37.2 Å². The van der Waals surface area contributed by atoms with E-state index in [1.807, 2.05) is 0 Å². The van der Waals surface area contributed by atoms with E-state index in [4.69, 9.17) is 18.9 Å². The third-order valence-corrected chi connectivity index (χ3v) is 5.36. The molecule has 0 radical (unpaired) electrons. The highest BCUT2D eigenvalue weighted by Gasteiger charge is 2.40. The molecule has 0 saturated carbocycles. The first-order valence-corrected chi connectivity index (χ1v) is 9.70. The Labute approximate surface area is 170 Å². The molecule has 30 heavy (non-hydrogen) atoms. The summed E-state index contributed by atoms with van der Waals surface area (Å²) in [6.45, 7) is 1.29. The predicted octanol–water partition coefficient (Wildman–Crippen LogP) is 3.12. The second kappa shape index (κ2) is 7.45. The van der Waals surface area contributed by atoms with E-state index in [-0.39, 0.29) is 48.8 Å². The Morgan fingerprint density at radius 2 is 1.07 bits per heavy atom. The van der Waals surface area contributed by atoms with Gasteiger partial charge in [-0.05, 0) is 36.4 Å². The number of hydrogen-bond acceptors (Lipinski definition) is 6. The van der Waals surface area contributed by atoms with Crippen molar-refractivity contribution < 1.29 is 37.3 Å². The van der Waals surface area contributed by atoms with Gasteiger partial charge in [0.15, 0.2) is 11.6 Å². The second-order valence-corrected chi connectivity index (χ2v) is 7.59. The number of ketones is 2. The number of carbonyl (C=O) groups excluding carboxylic acids is 2. The Kier molecular flexibility index (Phi) is 4.75. The summed E-state index contributed by atoms with van der Waals surface area (Å²) >= 11 is 0. The molecular formula is C22H18F2O6. The van der Waals surface area contributed by atoms with Gasteiger partial charge in [-0.2, -0.15) is 0 Å². The number of carbonyl (C=O) groups is 2. The van der Waals surface area contributed by atoms with E-state index in [9.17, 15) is 18.4 Å². The fourth-order valence-electron chi connectivity index (χ4n) is 3.60. The van der Waals surface area contributed by atoms with E-state index >= 15 is 0 Å². The molecule has 0 amide bonds. The molecule has 4 aliphatic heterocycles. The van der Waals surface area contributed by atoms with Crippen LogP contribution in [0.5, 0.6) is 11.5 Å². The summed E-state index contributed by atoms with van der Waals surface area (Å²) in [7, 11) is 0. The van der Waals surface area contributed by atoms with Gasteiger partial charge in [-0.25, -0.2) is 8.78 Å². The summed E-state index contributed by atoms with van der Waals surface area (Å²) in [6.07, 6.45) is 0.229. The maximum absolute atomic E-state index is 12.9. The molecule has 6 rings (SSSR count). The Balaban J connectivity index is 0.000000128. The number of fused-ring (bicyclic) bond motifs is 2. The lowest BCUT2D eigenvalue weighted by Gasteiger charge is -2.23. The highest BCUT2D eigenvalue weighted by Crippen LogP contribution is 2.33. The molecule has 4 atom stereocenters. The summed E-state index contributed by atoms with van der Waals surface area (Å²) in [6, 6.07) is 8.03. The van der Waals surface area contributed by atoms with E-state index < -0.39 is 11.6 Å². The van der Waals surface area contributed by atoms with E-state index in [1.165, 1.54) is 36.4 Å². The summed E-state index contributed by atoms with van der Waals surface area (Å²) < 4.78 is 47.1. The minimum absolute atomic E-state index is 0.0344. The summed E-state index contributed by atoms with van der Waals surface area (Å²) in [5.74, 6) is -0.0348. The van der Waals surface area contributed by atoms with Gasteiger partial charge in [0.2, 0.25) is 0 Å². The SMILES string of the molecule is O=C1C[C@@H]([C@@H]2CO2)Oc2ccc(F)cc21.O=C1C[C@H]([C@H]2CO2)Oc2ccc(F)cc21. The van der Waals surface area contributed by atoms with E-state index in [1.54, 1.807) is 0 Å². The average Bonchev–Trinajstić information content (AvgIpc) is 3.62. The molecule has 0 spiro atoms. The number of rotatable bonds is 2. The Morgan fingerprint density at radius 1 is 0.667 bits per heavy atom. The quantitative estimate of drug-likeness (QED) is 0.701. The van der Waals surface area contributed by atoms with Crippen molar-refractivity contribution in [2.45, 2.75) is 37.3 Å². The van der Waals surface area contributed by atoms with Gasteiger partial charge in [-0.15, -0.1) is 0 Å². The molecule has 4 aliphatic rings. The summed E-state index contributed by atoms with van der Waals surface area (Å²) in [5, 5.41) is 0. The van der Waals surface area contributed by atoms with Gasteiger partial charge in [0, 0.05) is 0 Å². The fraction of sp³-hybridized carbons (Fsp3) is 0.364. The van der Waals surface area contributed by atoms with Gasteiger partial charge < -0.3 is 18.9 Å². The summed E-state index contributed by atoms with van der Waals surface area (Å²) in [5.41, 5.74) is 0.679. The zero-order valence-electron chi connectivity index (χ0n) is 15.8. The molecule has 2 aromatic rings. The molecular weight excluding hydrogens is 398 g/mol. The lowest BCUT2D eigenvalue weighted by Crippen LogP contribution is -2.31. The standard InChI is InChI=1S/2C11H9FO3/c2*12-6-1-2-9-7(3-6)8(13)4-10(15-9)11-5-14-11/h2*1-3,10-11H,4-5H2/t2*10-,11-/m10/s1. The van der Waals surface area contributed by atoms with Gasteiger partial charge >= 0.3 is 0 Å². The van der Waals surface area contributed by atoms with Crippen LogP contribution in [0.4, 0.5) is 8.78 Å². The van der Waals surface area contributed by atoms with Crippen LogP contribution >= 0.6 is 0 Å². The largest absolute Gasteiger partial charge is 0.486 e. The van der Waals surface area contributed by atoms with Crippen LogP contribution in [-0.2, 0) is 9.47 Å². The van der Waals surface area contributed by atoms with Gasteiger partial charge in [-0.1, -0.05) is 0 Å². The maximum Gasteiger partial charge on any atom is 0.170 e. The highest BCUT2D eigenvalue weighted by atomic mass is 19.1. The molecule has 0 N–H and O–H groups in total. The monoisotopic (exact) mass is 416 g/mol. The lowest BCUT2D eigenvalue weighted by atomic mass is 9.99. The number of hydrogen-bond donors (Lipinski definition) is 0. The van der Waals surface area contributed by atoms with Crippen LogP contribution in [-0.4, -0.2) is 49.2 Å². The highest BCUT2D eigenvalue weighted by molar-refractivity contribution is 6.00. The third kappa shape index (κ3) is 3.93. The zero-order valence-corrected chi connectivity index (χ0v) is 15.8. The predicted molar refractivity (Wildman–Crippen MR) is 99.0 cm³/mol. The second-order valence-electron chi connectivity index (χ2n) is 7.59. The number of Topliss-reactive ketones (excluding diaryl/α,β-unsaturated/α-hetero) is 2. The van der Waals surface area contributed by atoms with Crippen molar-refractivity contribution in [1.29, 1.82) is 0 Å². The van der Waals surface area contributed by atoms with Gasteiger partial charge in [0.25, 0.3) is 0 Å². The first-order valence-electron chi connectivity index (χ1n) is 9.70. The molecule has 8 heteroatoms. The normalized spacial score (nSPS) is 28.2. The van der Waals surface area contributed by atoms with Crippen molar-refractivity contribution in [2.75, 3.05) is 13.2 Å². The zero-order chi connectivity index (χ0) is 20.8. The lowest BCUT2D eigenvalue weighted by molar-refractivity contribution is 0.0791. The molecule has 4 heterocycles. The van der Waals surface area contributed by atoms with Crippen LogP contribution in [0, 0.1) is 11.6 Å². The van der Waals surface area contributed by atoms with E-state index in [0.29, 0.717) is 35.8 Å². The molecule has 0 aromatic heterocycles. The van der Waals surface area contributed by atoms with Crippen molar-refractivity contribution in [3.05, 3.63) is 59.2 Å². The van der Waals surface area contributed by atoms with Crippen molar-refractivity contribution in [1.82, 2.24) is 0 Å². The molecule has 2 aromatic carbocycles. The first kappa shape index (κ1) is 19.1. The van der Waals surface area contributed by atoms with E-state index in [2.05, 4.69) is 0 Å². The molecule has 6 nitrogen and oxygen atoms in total. The molecule has 0 bridgehead atoms. The van der Waals surface area contributed by atoms with Crippen LogP contribution in [0.2, 0.25) is 0 Å². The van der Waals surface area contributed by atoms with Crippen LogP contribution < -0.4 is 9.47 Å². The minimum atomic E-state index is -0.410. The number of benzene rings is 2. The third-order valence-electron chi connectivity index (χ3n) is 5.36. The van der Waals surface area contributed by atoms with Crippen LogP contribution in [0.15, 0.2) is 36.4 Å². The van der Waals surface area contributed by atoms with Gasteiger partial charge in [-0.3, -0.25) is 9.59 Å². The Morgan fingerprint density at radius 3 is 1.43 bits per heavy atom. The van der Waals surface area contributed by atoms with Crippen molar-refractivity contribution in [3.8, 4) is 11.5 Å². The number of halogens is 2. The smallest absolute Gasteiger partial charge is 0.170 e. The summed E-state index contributed by atoms with van der Waals surface area (Å²) in [4.78, 5) is 23.4. The fourth-order valence-corrected chi connectivity index (χ4v) is 3.60. The molecule has 2 saturated heterocycles. The van der Waals surface area contributed by atoms with Crippen LogP contribution in [0.3, 0.4) is 0 Å². The Hall–Kier alpha value is -2.84. The molecule has 156 valence electrons. The van der Waals surface area contributed by atoms with Crippen molar-refractivity contribution in [3.63, 3.8) is 0 Å². The first-order chi connectivity index (χ1) is 14.5. The van der Waals surface area contributed by atoms with Crippen molar-refractivity contribution in [2.24, 2.45) is 0 Å². The van der Waals surface area contributed by atoms with Crippen LogP contribution in [0.1, 0.15) is 33.6 Å². The van der Waals surface area contributed by atoms with Gasteiger partial charge in [0.1, 0.15) is 47.5 Å².